The van der Waals surface area contributed by atoms with Crippen LogP contribution in [0, 0.1) is 0 Å². The molecule has 0 fully saturated rings. The van der Waals surface area contributed by atoms with Gasteiger partial charge < -0.3 is 10.3 Å². The van der Waals surface area contributed by atoms with Crippen LogP contribution in [0.3, 0.4) is 0 Å². The van der Waals surface area contributed by atoms with E-state index in [9.17, 15) is 0 Å². The molecule has 68 valence electrons. The smallest absolute Gasteiger partial charge is 0.125 e. The van der Waals surface area contributed by atoms with Gasteiger partial charge in [-0.2, -0.15) is 0 Å². The molecule has 2 N–H and O–H groups in total. The highest BCUT2D eigenvalue weighted by Crippen LogP contribution is 2.07. The van der Waals surface area contributed by atoms with Gasteiger partial charge in [-0.25, -0.2) is 4.98 Å². The van der Waals surface area contributed by atoms with Crippen LogP contribution in [0.1, 0.15) is 38.6 Å². The highest BCUT2D eigenvalue weighted by Gasteiger charge is 2.05. The zero-order chi connectivity index (χ0) is 8.97. The highest BCUT2D eigenvalue weighted by atomic mass is 15.1. The van der Waals surface area contributed by atoms with Crippen molar-refractivity contribution in [2.75, 3.05) is 0 Å². The molecule has 1 rings (SSSR count). The first-order valence-electron chi connectivity index (χ1n) is 4.52. The van der Waals surface area contributed by atoms with E-state index in [1.807, 2.05) is 19.3 Å². The number of rotatable bonds is 4. The van der Waals surface area contributed by atoms with Crippen molar-refractivity contribution in [1.29, 1.82) is 0 Å². The molecular weight excluding hydrogens is 150 g/mol. The van der Waals surface area contributed by atoms with Gasteiger partial charge in [0.05, 0.1) is 6.04 Å². The first-order valence-corrected chi connectivity index (χ1v) is 4.52. The first kappa shape index (κ1) is 9.26. The molecule has 12 heavy (non-hydrogen) atoms. The van der Waals surface area contributed by atoms with E-state index >= 15 is 0 Å². The quantitative estimate of drug-likeness (QED) is 0.741. The lowest BCUT2D eigenvalue weighted by Gasteiger charge is -2.08. The Morgan fingerprint density at radius 3 is 3.00 bits per heavy atom. The number of nitrogens with zero attached hydrogens (tertiary/aromatic N) is 2. The maximum atomic E-state index is 5.75. The molecule has 1 aromatic rings. The van der Waals surface area contributed by atoms with Crippen molar-refractivity contribution >= 4 is 0 Å². The molecule has 0 saturated carbocycles. The minimum atomic E-state index is 0.0388. The summed E-state index contributed by atoms with van der Waals surface area (Å²) in [5.41, 5.74) is 5.75. The van der Waals surface area contributed by atoms with E-state index in [0.717, 1.165) is 12.4 Å². The van der Waals surface area contributed by atoms with Crippen molar-refractivity contribution in [3.63, 3.8) is 0 Å². The number of hydrogen-bond acceptors (Lipinski definition) is 2. The molecule has 0 aliphatic heterocycles. The van der Waals surface area contributed by atoms with Crippen LogP contribution in [0.15, 0.2) is 12.4 Å². The maximum Gasteiger partial charge on any atom is 0.125 e. The van der Waals surface area contributed by atoms with Gasteiger partial charge in [-0.05, 0) is 13.3 Å². The van der Waals surface area contributed by atoms with E-state index in [1.165, 1.54) is 12.8 Å². The molecule has 0 spiro atoms. The van der Waals surface area contributed by atoms with E-state index < -0.39 is 0 Å². The lowest BCUT2D eigenvalue weighted by molar-refractivity contribution is 0.575. The Bertz CT molecular complexity index is 227. The second kappa shape index (κ2) is 4.26. The summed E-state index contributed by atoms with van der Waals surface area (Å²) in [6.45, 7) is 5.18. The van der Waals surface area contributed by atoms with Crippen molar-refractivity contribution in [3.05, 3.63) is 18.2 Å². The van der Waals surface area contributed by atoms with Crippen LogP contribution in [-0.4, -0.2) is 9.55 Å². The van der Waals surface area contributed by atoms with Crippen molar-refractivity contribution in [3.8, 4) is 0 Å². The van der Waals surface area contributed by atoms with Crippen molar-refractivity contribution < 1.29 is 0 Å². The zero-order valence-electron chi connectivity index (χ0n) is 7.83. The molecule has 3 heteroatoms. The number of aromatic nitrogens is 2. The number of nitrogens with two attached hydrogens (primary N) is 1. The fraction of sp³-hybridized carbons (Fsp3) is 0.667. The van der Waals surface area contributed by atoms with Crippen molar-refractivity contribution in [1.82, 2.24) is 9.55 Å². The van der Waals surface area contributed by atoms with E-state index in [-0.39, 0.29) is 6.04 Å². The molecule has 1 atom stereocenters. The van der Waals surface area contributed by atoms with Gasteiger partial charge in [0.2, 0.25) is 0 Å². The number of imidazole rings is 1. The third-order valence-electron chi connectivity index (χ3n) is 1.91. The molecule has 0 aromatic carbocycles. The summed E-state index contributed by atoms with van der Waals surface area (Å²) >= 11 is 0. The fourth-order valence-corrected chi connectivity index (χ4v) is 1.24. The summed E-state index contributed by atoms with van der Waals surface area (Å²) < 4.78 is 2.13. The molecule has 1 heterocycles. The topological polar surface area (TPSA) is 43.8 Å². The Labute approximate surface area is 73.6 Å². The van der Waals surface area contributed by atoms with E-state index in [4.69, 9.17) is 5.73 Å². The fourth-order valence-electron chi connectivity index (χ4n) is 1.24. The van der Waals surface area contributed by atoms with Crippen LogP contribution in [0.5, 0.6) is 0 Å². The van der Waals surface area contributed by atoms with E-state index in [0.29, 0.717) is 0 Å². The summed E-state index contributed by atoms with van der Waals surface area (Å²) in [6.07, 6.45) is 6.20. The van der Waals surface area contributed by atoms with Crippen molar-refractivity contribution in [2.24, 2.45) is 5.73 Å². The minimum absolute atomic E-state index is 0.0388. The third-order valence-corrected chi connectivity index (χ3v) is 1.91. The Balaban J connectivity index is 2.64. The Morgan fingerprint density at radius 1 is 1.67 bits per heavy atom. The summed E-state index contributed by atoms with van der Waals surface area (Å²) in [7, 11) is 0. The van der Waals surface area contributed by atoms with Gasteiger partial charge in [-0.15, -0.1) is 0 Å². The lowest BCUT2D eigenvalue weighted by atomic mass is 10.3. The SMILES string of the molecule is CCCCn1ccnc1C(C)N. The van der Waals surface area contributed by atoms with Crippen LogP contribution in [0.2, 0.25) is 0 Å². The largest absolute Gasteiger partial charge is 0.334 e. The van der Waals surface area contributed by atoms with E-state index in [1.54, 1.807) is 0 Å². The average molecular weight is 167 g/mol. The van der Waals surface area contributed by atoms with Crippen LogP contribution in [-0.2, 0) is 6.54 Å². The molecule has 0 saturated heterocycles. The summed E-state index contributed by atoms with van der Waals surface area (Å²) in [6, 6.07) is 0.0388. The van der Waals surface area contributed by atoms with Gasteiger partial charge >= 0.3 is 0 Å². The number of hydrogen-bond donors (Lipinski definition) is 1. The molecule has 1 aromatic heterocycles. The molecule has 1 unspecified atom stereocenters. The molecule has 0 aliphatic carbocycles. The molecular formula is C9H17N3. The zero-order valence-corrected chi connectivity index (χ0v) is 7.83. The Hall–Kier alpha value is -0.830. The highest BCUT2D eigenvalue weighted by molar-refractivity contribution is 4.96. The standard InChI is InChI=1S/C9H17N3/c1-3-4-6-12-7-5-11-9(12)8(2)10/h5,7-8H,3-4,6,10H2,1-2H3. The second-order valence-electron chi connectivity index (χ2n) is 3.12. The van der Waals surface area contributed by atoms with Gasteiger partial charge in [0, 0.05) is 18.9 Å². The van der Waals surface area contributed by atoms with Crippen LogP contribution in [0.25, 0.3) is 0 Å². The van der Waals surface area contributed by atoms with Crippen molar-refractivity contribution in [2.45, 2.75) is 39.3 Å². The summed E-state index contributed by atoms with van der Waals surface area (Å²) in [4.78, 5) is 4.21. The predicted octanol–water partition coefficient (Wildman–Crippen LogP) is 1.70. The maximum absolute atomic E-state index is 5.75. The molecule has 0 amide bonds. The van der Waals surface area contributed by atoms with Gasteiger partial charge in [0.15, 0.2) is 0 Å². The molecule has 3 nitrogen and oxygen atoms in total. The predicted molar refractivity (Wildman–Crippen MR) is 49.7 cm³/mol. The summed E-state index contributed by atoms with van der Waals surface area (Å²) in [5.74, 6) is 0.989. The third kappa shape index (κ3) is 2.08. The lowest BCUT2D eigenvalue weighted by Crippen LogP contribution is -2.13. The molecule has 0 radical (unpaired) electrons. The average Bonchev–Trinajstić information content (AvgIpc) is 2.48. The number of unbranched alkanes of at least 4 members (excludes halogenated alkanes) is 1. The van der Waals surface area contributed by atoms with Gasteiger partial charge in [0.25, 0.3) is 0 Å². The first-order chi connectivity index (χ1) is 5.75. The van der Waals surface area contributed by atoms with Crippen LogP contribution < -0.4 is 5.73 Å². The normalized spacial score (nSPS) is 13.2. The molecule has 0 aliphatic rings. The summed E-state index contributed by atoms with van der Waals surface area (Å²) in [5, 5.41) is 0. The Kier molecular flexibility index (Phi) is 3.29. The second-order valence-corrected chi connectivity index (χ2v) is 3.12. The van der Waals surface area contributed by atoms with Crippen LogP contribution >= 0.6 is 0 Å². The molecule has 0 bridgehead atoms. The van der Waals surface area contributed by atoms with Crippen LogP contribution in [0.4, 0.5) is 0 Å². The van der Waals surface area contributed by atoms with Gasteiger partial charge in [0.1, 0.15) is 5.82 Å². The monoisotopic (exact) mass is 167 g/mol. The van der Waals surface area contributed by atoms with Gasteiger partial charge in [-0.1, -0.05) is 13.3 Å². The number of aryl methyl sites for hydroxylation is 1. The van der Waals surface area contributed by atoms with E-state index in [2.05, 4.69) is 16.5 Å². The Morgan fingerprint density at radius 2 is 2.42 bits per heavy atom. The minimum Gasteiger partial charge on any atom is -0.334 e. The van der Waals surface area contributed by atoms with Gasteiger partial charge in [-0.3, -0.25) is 0 Å².